The van der Waals surface area contributed by atoms with Crippen LogP contribution in [0.1, 0.15) is 6.42 Å². The molecule has 0 aliphatic carbocycles. The molecule has 0 spiro atoms. The summed E-state index contributed by atoms with van der Waals surface area (Å²) in [7, 11) is 1.30. The maximum Gasteiger partial charge on any atom is 0.328 e. The fraction of sp³-hybridized carbons (Fsp3) is 0.250. The molecular formula is C16H14BrNO4. The lowest BCUT2D eigenvalue weighted by Crippen LogP contribution is -2.34. The van der Waals surface area contributed by atoms with Crippen molar-refractivity contribution in [3.63, 3.8) is 0 Å². The molecule has 3 rings (SSSR count). The minimum atomic E-state index is -0.683. The van der Waals surface area contributed by atoms with Crippen LogP contribution in [0.25, 0.3) is 10.8 Å². The van der Waals surface area contributed by atoms with E-state index in [0.29, 0.717) is 5.75 Å². The van der Waals surface area contributed by atoms with Gasteiger partial charge in [-0.15, -0.1) is 0 Å². The van der Waals surface area contributed by atoms with Gasteiger partial charge in [-0.2, -0.15) is 0 Å². The second-order valence-electron chi connectivity index (χ2n) is 5.08. The summed E-state index contributed by atoms with van der Waals surface area (Å²) in [5.74, 6) is -0.158. The molecule has 1 N–H and O–H groups in total. The smallest absolute Gasteiger partial charge is 0.328 e. The molecule has 6 heteroatoms. The lowest BCUT2D eigenvalue weighted by Gasteiger charge is -2.12. The molecule has 2 atom stereocenters. The van der Waals surface area contributed by atoms with E-state index in [4.69, 9.17) is 4.74 Å². The van der Waals surface area contributed by atoms with E-state index in [1.807, 2.05) is 36.4 Å². The third kappa shape index (κ3) is 2.92. The van der Waals surface area contributed by atoms with E-state index >= 15 is 0 Å². The Kier molecular flexibility index (Phi) is 4.02. The first-order valence-corrected chi connectivity index (χ1v) is 7.60. The van der Waals surface area contributed by atoms with Crippen molar-refractivity contribution >= 4 is 38.6 Å². The summed E-state index contributed by atoms with van der Waals surface area (Å²) in [6.07, 6.45) is -0.416. The van der Waals surface area contributed by atoms with Gasteiger partial charge in [0.25, 0.3) is 5.91 Å². The Hall–Kier alpha value is -2.08. The van der Waals surface area contributed by atoms with Crippen LogP contribution in [-0.4, -0.2) is 31.1 Å². The molecule has 1 aliphatic rings. The number of amides is 1. The lowest BCUT2D eigenvalue weighted by molar-refractivity contribution is -0.143. The van der Waals surface area contributed by atoms with Crippen molar-refractivity contribution in [1.29, 1.82) is 0 Å². The summed E-state index contributed by atoms with van der Waals surface area (Å²) < 4.78 is 11.4. The monoisotopic (exact) mass is 363 g/mol. The van der Waals surface area contributed by atoms with Gasteiger partial charge in [0.1, 0.15) is 11.8 Å². The highest BCUT2D eigenvalue weighted by molar-refractivity contribution is 9.10. The number of benzene rings is 2. The molecule has 22 heavy (non-hydrogen) atoms. The predicted molar refractivity (Wildman–Crippen MR) is 84.6 cm³/mol. The van der Waals surface area contributed by atoms with Gasteiger partial charge in [0.15, 0.2) is 6.10 Å². The van der Waals surface area contributed by atoms with Crippen LogP contribution >= 0.6 is 15.9 Å². The first kappa shape index (κ1) is 14.8. The van der Waals surface area contributed by atoms with E-state index in [9.17, 15) is 9.59 Å². The van der Waals surface area contributed by atoms with E-state index in [-0.39, 0.29) is 12.3 Å². The zero-order valence-corrected chi connectivity index (χ0v) is 13.4. The van der Waals surface area contributed by atoms with Crippen LogP contribution < -0.4 is 10.1 Å². The summed E-state index contributed by atoms with van der Waals surface area (Å²) >= 11 is 3.43. The predicted octanol–water partition coefficient (Wildman–Crippen LogP) is 2.41. The van der Waals surface area contributed by atoms with Gasteiger partial charge in [-0.1, -0.05) is 28.1 Å². The first-order chi connectivity index (χ1) is 10.6. The molecule has 0 bridgehead atoms. The number of nitrogens with one attached hydrogen (secondary N) is 1. The largest absolute Gasteiger partial charge is 0.480 e. The highest BCUT2D eigenvalue weighted by Crippen LogP contribution is 2.26. The van der Waals surface area contributed by atoms with Crippen molar-refractivity contribution in [3.8, 4) is 5.75 Å². The van der Waals surface area contributed by atoms with Gasteiger partial charge in [-0.05, 0) is 35.0 Å². The maximum absolute atomic E-state index is 11.9. The fourth-order valence-corrected chi connectivity index (χ4v) is 2.85. The van der Waals surface area contributed by atoms with E-state index < -0.39 is 18.1 Å². The molecule has 5 nitrogen and oxygen atoms in total. The number of esters is 1. The Morgan fingerprint density at radius 3 is 2.73 bits per heavy atom. The molecule has 1 aliphatic heterocycles. The number of carbonyl (C=O) groups is 2. The van der Waals surface area contributed by atoms with E-state index in [2.05, 4.69) is 26.0 Å². The van der Waals surface area contributed by atoms with Crippen molar-refractivity contribution in [2.24, 2.45) is 0 Å². The normalized spacial score (nSPS) is 20.7. The fourth-order valence-electron chi connectivity index (χ4n) is 2.48. The Balaban J connectivity index is 1.77. The van der Waals surface area contributed by atoms with Crippen molar-refractivity contribution in [2.75, 3.05) is 7.11 Å². The van der Waals surface area contributed by atoms with Gasteiger partial charge < -0.3 is 14.8 Å². The quantitative estimate of drug-likeness (QED) is 0.850. The number of carbonyl (C=O) groups excluding carboxylic acids is 2. The van der Waals surface area contributed by atoms with Crippen LogP contribution in [0.15, 0.2) is 40.9 Å². The number of hydrogen-bond donors (Lipinski definition) is 1. The lowest BCUT2D eigenvalue weighted by atomic mass is 10.1. The van der Waals surface area contributed by atoms with Gasteiger partial charge in [-0.3, -0.25) is 4.79 Å². The second kappa shape index (κ2) is 5.96. The first-order valence-electron chi connectivity index (χ1n) is 6.81. The molecule has 2 aromatic carbocycles. The van der Waals surface area contributed by atoms with Crippen molar-refractivity contribution in [1.82, 2.24) is 5.32 Å². The minimum absolute atomic E-state index is 0.268. The number of methoxy groups -OCH3 is 1. The SMILES string of the molecule is COC(=O)C1CC(Oc2ccc3cc(Br)ccc3c2)C(=O)N1. The molecular weight excluding hydrogens is 350 g/mol. The summed E-state index contributed by atoms with van der Waals surface area (Å²) in [6, 6.07) is 10.9. The molecule has 2 aromatic rings. The Bertz CT molecular complexity index is 746. The molecule has 0 saturated carbocycles. The van der Waals surface area contributed by atoms with Crippen molar-refractivity contribution < 1.29 is 19.1 Å². The van der Waals surface area contributed by atoms with Crippen LogP contribution in [0.3, 0.4) is 0 Å². The molecule has 114 valence electrons. The molecule has 0 radical (unpaired) electrons. The molecule has 0 aromatic heterocycles. The summed E-state index contributed by atoms with van der Waals surface area (Å²) in [6.45, 7) is 0. The Morgan fingerprint density at radius 2 is 1.95 bits per heavy atom. The van der Waals surface area contributed by atoms with Crippen LogP contribution in [0.4, 0.5) is 0 Å². The zero-order chi connectivity index (χ0) is 15.7. The van der Waals surface area contributed by atoms with Gasteiger partial charge in [0, 0.05) is 10.9 Å². The third-order valence-corrected chi connectivity index (χ3v) is 4.09. The number of ether oxygens (including phenoxy) is 2. The average molecular weight is 364 g/mol. The number of rotatable bonds is 3. The molecule has 2 unspecified atom stereocenters. The van der Waals surface area contributed by atoms with E-state index in [0.717, 1.165) is 15.2 Å². The van der Waals surface area contributed by atoms with Gasteiger partial charge in [0.05, 0.1) is 7.11 Å². The van der Waals surface area contributed by atoms with E-state index in [1.165, 1.54) is 7.11 Å². The number of halogens is 1. The van der Waals surface area contributed by atoms with Gasteiger partial charge in [-0.25, -0.2) is 4.79 Å². The van der Waals surface area contributed by atoms with Crippen LogP contribution in [0.2, 0.25) is 0 Å². The van der Waals surface area contributed by atoms with E-state index in [1.54, 1.807) is 0 Å². The zero-order valence-electron chi connectivity index (χ0n) is 11.8. The van der Waals surface area contributed by atoms with Crippen molar-refractivity contribution in [2.45, 2.75) is 18.6 Å². The van der Waals surface area contributed by atoms with Crippen LogP contribution in [-0.2, 0) is 14.3 Å². The third-order valence-electron chi connectivity index (χ3n) is 3.60. The average Bonchev–Trinajstić information content (AvgIpc) is 2.87. The van der Waals surface area contributed by atoms with Crippen LogP contribution in [0, 0.1) is 0 Å². The topological polar surface area (TPSA) is 64.6 Å². The standard InChI is InChI=1S/C16H14BrNO4/c1-21-16(20)13-8-14(15(19)18-13)22-12-5-3-9-6-11(17)4-2-10(9)7-12/h2-7,13-14H,8H2,1H3,(H,18,19). The minimum Gasteiger partial charge on any atom is -0.480 e. The highest BCUT2D eigenvalue weighted by Gasteiger charge is 2.38. The Labute approximate surface area is 135 Å². The maximum atomic E-state index is 11.9. The number of fused-ring (bicyclic) bond motifs is 1. The van der Waals surface area contributed by atoms with Gasteiger partial charge >= 0.3 is 5.97 Å². The number of hydrogen-bond acceptors (Lipinski definition) is 4. The molecule has 1 fully saturated rings. The van der Waals surface area contributed by atoms with Crippen molar-refractivity contribution in [3.05, 3.63) is 40.9 Å². The molecule has 1 saturated heterocycles. The van der Waals surface area contributed by atoms with Gasteiger partial charge in [0.2, 0.25) is 0 Å². The molecule has 1 heterocycles. The summed E-state index contributed by atoms with van der Waals surface area (Å²) in [5.41, 5.74) is 0. The molecule has 1 amide bonds. The highest BCUT2D eigenvalue weighted by atomic mass is 79.9. The summed E-state index contributed by atoms with van der Waals surface area (Å²) in [5, 5.41) is 4.67. The Morgan fingerprint density at radius 1 is 1.23 bits per heavy atom. The second-order valence-corrected chi connectivity index (χ2v) is 6.00. The van der Waals surface area contributed by atoms with Crippen LogP contribution in [0.5, 0.6) is 5.75 Å². The summed E-state index contributed by atoms with van der Waals surface area (Å²) in [4.78, 5) is 23.3.